The summed E-state index contributed by atoms with van der Waals surface area (Å²) in [5.74, 6) is 0.821. The Morgan fingerprint density at radius 3 is 2.53 bits per heavy atom. The maximum atomic E-state index is 12.6. The van der Waals surface area contributed by atoms with Crippen LogP contribution in [0.15, 0.2) is 60.0 Å². The van der Waals surface area contributed by atoms with Crippen LogP contribution < -0.4 is 15.4 Å². The van der Waals surface area contributed by atoms with E-state index in [1.54, 1.807) is 12.1 Å². The molecule has 30 heavy (non-hydrogen) atoms. The molecule has 2 aromatic carbocycles. The number of nitrogens with zero attached hydrogens (tertiary/aromatic N) is 1. The molecule has 4 rings (SSSR count). The van der Waals surface area contributed by atoms with Gasteiger partial charge in [0.05, 0.1) is 11.5 Å². The number of rotatable bonds is 5. The largest absolute Gasteiger partial charge is 0.494 e. The van der Waals surface area contributed by atoms with Gasteiger partial charge in [-0.2, -0.15) is 0 Å². The van der Waals surface area contributed by atoms with Crippen molar-refractivity contribution in [2.75, 3.05) is 23.8 Å². The number of hydrogen-bond acceptors (Lipinski definition) is 4. The fourth-order valence-electron chi connectivity index (χ4n) is 3.46. The van der Waals surface area contributed by atoms with E-state index in [4.69, 9.17) is 4.74 Å². The van der Waals surface area contributed by atoms with Crippen LogP contribution in [0.4, 0.5) is 16.2 Å². The first-order chi connectivity index (χ1) is 14.6. The van der Waals surface area contributed by atoms with Crippen molar-refractivity contribution in [2.45, 2.75) is 19.9 Å². The minimum atomic E-state index is -0.318. The van der Waals surface area contributed by atoms with Gasteiger partial charge in [-0.05, 0) is 72.3 Å². The summed E-state index contributed by atoms with van der Waals surface area (Å²) in [6.45, 7) is 3.77. The molecule has 0 aliphatic carbocycles. The highest BCUT2D eigenvalue weighted by molar-refractivity contribution is 7.12. The zero-order chi connectivity index (χ0) is 20.9. The lowest BCUT2D eigenvalue weighted by molar-refractivity contribution is 0.0739. The number of carbonyl (C=O) groups is 2. The molecular weight excluding hydrogens is 398 g/mol. The zero-order valence-corrected chi connectivity index (χ0v) is 17.5. The third kappa shape index (κ3) is 4.63. The molecule has 0 saturated heterocycles. The molecule has 1 aliphatic heterocycles. The highest BCUT2D eigenvalue weighted by Gasteiger charge is 2.22. The van der Waals surface area contributed by atoms with Gasteiger partial charge in [0.1, 0.15) is 5.75 Å². The number of urea groups is 1. The zero-order valence-electron chi connectivity index (χ0n) is 16.7. The Kier molecular flexibility index (Phi) is 5.99. The Hall–Kier alpha value is -3.32. The molecular formula is C23H23N3O3S. The van der Waals surface area contributed by atoms with E-state index in [1.165, 1.54) is 16.9 Å². The highest BCUT2D eigenvalue weighted by atomic mass is 32.1. The van der Waals surface area contributed by atoms with E-state index >= 15 is 0 Å². The fourth-order valence-corrected chi connectivity index (χ4v) is 4.15. The SMILES string of the molecule is CCOc1ccc(NC(=O)Nc2ccc3c(c2)CN(C(=O)c2cccs2)CC3)cc1. The second-order valence-electron chi connectivity index (χ2n) is 6.97. The minimum Gasteiger partial charge on any atom is -0.494 e. The fraction of sp³-hybridized carbons (Fsp3) is 0.217. The van der Waals surface area contributed by atoms with Crippen LogP contribution in [0.25, 0.3) is 0 Å². The third-order valence-corrected chi connectivity index (χ3v) is 5.78. The summed E-state index contributed by atoms with van der Waals surface area (Å²) in [5, 5.41) is 7.60. The molecule has 154 valence electrons. The van der Waals surface area contributed by atoms with Gasteiger partial charge in [0.25, 0.3) is 5.91 Å². The Morgan fingerprint density at radius 1 is 1.03 bits per heavy atom. The van der Waals surface area contributed by atoms with Crippen molar-refractivity contribution in [3.63, 3.8) is 0 Å². The van der Waals surface area contributed by atoms with Gasteiger partial charge >= 0.3 is 6.03 Å². The number of fused-ring (bicyclic) bond motifs is 1. The van der Waals surface area contributed by atoms with Gasteiger partial charge in [-0.15, -0.1) is 11.3 Å². The molecule has 0 spiro atoms. The predicted molar refractivity (Wildman–Crippen MR) is 119 cm³/mol. The molecule has 0 bridgehead atoms. The average Bonchev–Trinajstić information content (AvgIpc) is 3.29. The number of ether oxygens (including phenoxy) is 1. The second-order valence-corrected chi connectivity index (χ2v) is 7.92. The third-order valence-electron chi connectivity index (χ3n) is 4.92. The molecule has 0 unspecified atom stereocenters. The van der Waals surface area contributed by atoms with Crippen molar-refractivity contribution in [1.82, 2.24) is 4.90 Å². The normalized spacial score (nSPS) is 12.8. The number of hydrogen-bond donors (Lipinski definition) is 2. The molecule has 2 heterocycles. The first-order valence-corrected chi connectivity index (χ1v) is 10.8. The number of amides is 3. The van der Waals surface area contributed by atoms with Crippen molar-refractivity contribution < 1.29 is 14.3 Å². The van der Waals surface area contributed by atoms with E-state index in [1.807, 2.05) is 59.7 Å². The molecule has 1 aromatic heterocycles. The summed E-state index contributed by atoms with van der Waals surface area (Å²) in [6.07, 6.45) is 0.811. The molecule has 0 saturated carbocycles. The quantitative estimate of drug-likeness (QED) is 0.610. The Labute approximate surface area is 179 Å². The molecule has 6 nitrogen and oxygen atoms in total. The number of carbonyl (C=O) groups excluding carboxylic acids is 2. The maximum absolute atomic E-state index is 12.6. The summed E-state index contributed by atoms with van der Waals surface area (Å²) in [4.78, 5) is 27.6. The lowest BCUT2D eigenvalue weighted by atomic mass is 9.99. The van der Waals surface area contributed by atoms with Crippen molar-refractivity contribution in [3.8, 4) is 5.75 Å². The summed E-state index contributed by atoms with van der Waals surface area (Å²) < 4.78 is 5.41. The van der Waals surface area contributed by atoms with Gasteiger partial charge in [-0.3, -0.25) is 4.79 Å². The van der Waals surface area contributed by atoms with Gasteiger partial charge in [-0.1, -0.05) is 12.1 Å². The van der Waals surface area contributed by atoms with Crippen LogP contribution in [0.5, 0.6) is 5.75 Å². The second kappa shape index (κ2) is 9.00. The maximum Gasteiger partial charge on any atom is 0.323 e. The molecule has 3 amide bonds. The number of benzene rings is 2. The van der Waals surface area contributed by atoms with Gasteiger partial charge in [0, 0.05) is 24.5 Å². The average molecular weight is 422 g/mol. The van der Waals surface area contributed by atoms with E-state index in [-0.39, 0.29) is 11.9 Å². The molecule has 0 fully saturated rings. The van der Waals surface area contributed by atoms with E-state index < -0.39 is 0 Å². The lowest BCUT2D eigenvalue weighted by Crippen LogP contribution is -2.35. The number of thiophene rings is 1. The van der Waals surface area contributed by atoms with E-state index in [9.17, 15) is 9.59 Å². The first kappa shape index (κ1) is 20.0. The number of anilines is 2. The van der Waals surface area contributed by atoms with Crippen LogP contribution in [0.3, 0.4) is 0 Å². The van der Waals surface area contributed by atoms with Crippen LogP contribution in [0.1, 0.15) is 27.7 Å². The van der Waals surface area contributed by atoms with Crippen molar-refractivity contribution in [3.05, 3.63) is 76.0 Å². The molecule has 1 aliphatic rings. The van der Waals surface area contributed by atoms with Gasteiger partial charge in [-0.25, -0.2) is 4.79 Å². The standard InChI is InChI=1S/C23H23N3O3S/c1-2-29-20-9-7-18(8-10-20)24-23(28)25-19-6-5-16-11-12-26(15-17(16)14-19)22(27)21-4-3-13-30-21/h3-10,13-14H,2,11-12,15H2,1H3,(H2,24,25,28). The van der Waals surface area contributed by atoms with Gasteiger partial charge in [0.2, 0.25) is 0 Å². The Balaban J connectivity index is 1.39. The predicted octanol–water partition coefficient (Wildman–Crippen LogP) is 4.99. The van der Waals surface area contributed by atoms with Crippen LogP contribution in [0.2, 0.25) is 0 Å². The van der Waals surface area contributed by atoms with Crippen LogP contribution >= 0.6 is 11.3 Å². The smallest absolute Gasteiger partial charge is 0.323 e. The van der Waals surface area contributed by atoms with Crippen molar-refractivity contribution >= 4 is 34.6 Å². The van der Waals surface area contributed by atoms with E-state index in [2.05, 4.69) is 10.6 Å². The summed E-state index contributed by atoms with van der Waals surface area (Å²) in [6, 6.07) is 16.5. The summed E-state index contributed by atoms with van der Waals surface area (Å²) in [5.41, 5.74) is 3.65. The minimum absolute atomic E-state index is 0.0576. The number of nitrogens with one attached hydrogen (secondary N) is 2. The molecule has 0 radical (unpaired) electrons. The summed E-state index contributed by atoms with van der Waals surface area (Å²) >= 11 is 1.46. The molecule has 0 atom stereocenters. The van der Waals surface area contributed by atoms with Gasteiger partial charge < -0.3 is 20.3 Å². The Bertz CT molecular complexity index is 1030. The van der Waals surface area contributed by atoms with Crippen LogP contribution in [0, 0.1) is 0 Å². The first-order valence-electron chi connectivity index (χ1n) is 9.88. The van der Waals surface area contributed by atoms with Crippen LogP contribution in [-0.2, 0) is 13.0 Å². The monoisotopic (exact) mass is 421 g/mol. The van der Waals surface area contributed by atoms with E-state index in [0.29, 0.717) is 31.1 Å². The van der Waals surface area contributed by atoms with Crippen LogP contribution in [-0.4, -0.2) is 30.0 Å². The molecule has 2 N–H and O–H groups in total. The van der Waals surface area contributed by atoms with Crippen molar-refractivity contribution in [2.24, 2.45) is 0 Å². The van der Waals surface area contributed by atoms with Gasteiger partial charge in [0.15, 0.2) is 0 Å². The van der Waals surface area contributed by atoms with E-state index in [0.717, 1.165) is 22.6 Å². The molecule has 3 aromatic rings. The topological polar surface area (TPSA) is 70.7 Å². The Morgan fingerprint density at radius 2 is 1.80 bits per heavy atom. The van der Waals surface area contributed by atoms with Crippen molar-refractivity contribution in [1.29, 1.82) is 0 Å². The summed E-state index contributed by atoms with van der Waals surface area (Å²) in [7, 11) is 0. The lowest BCUT2D eigenvalue weighted by Gasteiger charge is -2.29. The molecule has 7 heteroatoms. The highest BCUT2D eigenvalue weighted by Crippen LogP contribution is 2.25.